The lowest BCUT2D eigenvalue weighted by molar-refractivity contribution is -0.143. The molecule has 0 bridgehead atoms. The number of nitrogens with zero attached hydrogens (tertiary/aromatic N) is 2. The van der Waals surface area contributed by atoms with Crippen LogP contribution in [0.25, 0.3) is 0 Å². The molecule has 0 aliphatic carbocycles. The Balaban J connectivity index is 0.00000135. The summed E-state index contributed by atoms with van der Waals surface area (Å²) >= 11 is 3.66. The molecule has 1 aromatic carbocycles. The highest BCUT2D eigenvalue weighted by Gasteiger charge is 2.55. The Morgan fingerprint density at radius 1 is 1.32 bits per heavy atom. The van der Waals surface area contributed by atoms with Gasteiger partial charge in [-0.15, -0.1) is 12.3 Å². The predicted molar refractivity (Wildman–Crippen MR) is 161 cm³/mol. The molecular weight excluding hydrogens is 542 g/mol. The Hall–Kier alpha value is -2.24. The Morgan fingerprint density at radius 3 is 2.50 bits per heavy atom. The second kappa shape index (κ2) is 16.7. The lowest BCUT2D eigenvalue weighted by Crippen LogP contribution is -2.63. The monoisotopic (exact) mass is 587 g/mol. The minimum Gasteiger partial charge on any atom is -0.381 e. The maximum atomic E-state index is 13.3. The largest absolute Gasteiger partial charge is 0.381 e. The molecule has 1 spiro atoms. The summed E-state index contributed by atoms with van der Waals surface area (Å²) in [5.74, 6) is 2.58. The number of likely N-dealkylation sites (N-methyl/N-ethyl adjacent to an activating group) is 1. The Bertz CT molecular complexity index is 1010. The molecule has 1 amide bonds. The van der Waals surface area contributed by atoms with Crippen LogP contribution in [-0.4, -0.2) is 68.6 Å². The predicted octanol–water partition coefficient (Wildman–Crippen LogP) is 6.42. The minimum atomic E-state index is -0.479. The molecule has 0 saturated carbocycles. The van der Waals surface area contributed by atoms with E-state index < -0.39 is 5.54 Å². The first-order valence-electron chi connectivity index (χ1n) is 13.3. The van der Waals surface area contributed by atoms with E-state index in [2.05, 4.69) is 70.4 Å². The number of ether oxygens (including phenoxy) is 2. The van der Waals surface area contributed by atoms with Gasteiger partial charge in [0.2, 0.25) is 5.91 Å². The van der Waals surface area contributed by atoms with E-state index in [0.717, 1.165) is 28.5 Å². The van der Waals surface area contributed by atoms with Crippen LogP contribution < -0.4 is 0 Å². The number of terminal acetylenes is 1. The van der Waals surface area contributed by atoms with E-state index in [1.54, 1.807) is 21.1 Å². The number of benzene rings is 1. The van der Waals surface area contributed by atoms with Gasteiger partial charge in [0, 0.05) is 50.2 Å². The van der Waals surface area contributed by atoms with Crippen molar-refractivity contribution in [3.05, 3.63) is 58.1 Å². The summed E-state index contributed by atoms with van der Waals surface area (Å²) in [5.41, 5.74) is 1.51. The number of halogens is 1. The summed E-state index contributed by atoms with van der Waals surface area (Å²) in [6.07, 6.45) is 12.8. The third kappa shape index (κ3) is 8.13. The van der Waals surface area contributed by atoms with E-state index in [1.807, 2.05) is 32.9 Å². The highest BCUT2D eigenvalue weighted by Crippen LogP contribution is 2.54. The summed E-state index contributed by atoms with van der Waals surface area (Å²) in [5, 5.41) is 8.72. The zero-order valence-electron chi connectivity index (χ0n) is 24.3. The lowest BCUT2D eigenvalue weighted by Gasteiger charge is -2.58. The zero-order valence-corrected chi connectivity index (χ0v) is 25.9. The van der Waals surface area contributed by atoms with E-state index in [1.165, 1.54) is 4.90 Å². The first-order chi connectivity index (χ1) is 18.2. The molecule has 2 fully saturated rings. The molecule has 210 valence electrons. The summed E-state index contributed by atoms with van der Waals surface area (Å²) < 4.78 is 12.0. The van der Waals surface area contributed by atoms with Gasteiger partial charge in [0.15, 0.2) is 0 Å². The van der Waals surface area contributed by atoms with Crippen LogP contribution in [0.15, 0.2) is 52.5 Å². The number of amidine groups is 1. The number of allylic oxidation sites excluding steroid dienone is 1. The quantitative estimate of drug-likeness (QED) is 0.308. The summed E-state index contributed by atoms with van der Waals surface area (Å²) in [7, 11) is 3.41. The van der Waals surface area contributed by atoms with Gasteiger partial charge in [-0.2, -0.15) is 0 Å². The summed E-state index contributed by atoms with van der Waals surface area (Å²) in [6, 6.07) is 8.41. The van der Waals surface area contributed by atoms with E-state index in [4.69, 9.17) is 14.9 Å². The number of hydrogen-bond donors (Lipinski definition) is 1. The maximum absolute atomic E-state index is 13.3. The third-order valence-electron chi connectivity index (χ3n) is 7.45. The molecule has 0 aromatic heterocycles. The number of carbonyl (C=O) groups excluding carboxylic acids is 1. The van der Waals surface area contributed by atoms with Crippen molar-refractivity contribution in [3.63, 3.8) is 0 Å². The second-order valence-corrected chi connectivity index (χ2v) is 10.3. The molecule has 1 unspecified atom stereocenters. The van der Waals surface area contributed by atoms with Crippen molar-refractivity contribution >= 4 is 27.7 Å². The molecule has 3 rings (SSSR count). The van der Waals surface area contributed by atoms with Crippen molar-refractivity contribution in [1.82, 2.24) is 9.80 Å². The van der Waals surface area contributed by atoms with Gasteiger partial charge in [-0.1, -0.05) is 60.1 Å². The van der Waals surface area contributed by atoms with Gasteiger partial charge in [-0.05, 0) is 56.9 Å². The SMILES string of the molecule is C#CC.C/C=C(\C=C/COC)CN1CC(=N)N(C)C(=O)CC2(CCOCC2)C1(C)c1cccc(Br)c1.CC. The number of methoxy groups -OCH3 is 1. The molecular formula is C31H46BrN3O3. The Labute approximate surface area is 239 Å². The van der Waals surface area contributed by atoms with Crippen LogP contribution in [0.2, 0.25) is 0 Å². The van der Waals surface area contributed by atoms with Gasteiger partial charge in [0.1, 0.15) is 5.84 Å². The number of rotatable bonds is 6. The van der Waals surface area contributed by atoms with Crippen molar-refractivity contribution < 1.29 is 14.3 Å². The number of carbonyl (C=O) groups is 1. The van der Waals surface area contributed by atoms with Crippen LogP contribution in [0, 0.1) is 23.2 Å². The van der Waals surface area contributed by atoms with E-state index >= 15 is 0 Å². The van der Waals surface area contributed by atoms with Crippen molar-refractivity contribution in [2.24, 2.45) is 5.41 Å². The molecule has 2 saturated heterocycles. The van der Waals surface area contributed by atoms with Crippen LogP contribution >= 0.6 is 15.9 Å². The minimum absolute atomic E-state index is 0.00835. The van der Waals surface area contributed by atoms with Gasteiger partial charge in [-0.25, -0.2) is 0 Å². The van der Waals surface area contributed by atoms with Gasteiger partial charge >= 0.3 is 0 Å². The molecule has 1 N–H and O–H groups in total. The second-order valence-electron chi connectivity index (χ2n) is 9.42. The van der Waals surface area contributed by atoms with Crippen LogP contribution in [0.3, 0.4) is 0 Å². The third-order valence-corrected chi connectivity index (χ3v) is 7.94. The molecule has 0 radical (unpaired) electrons. The fourth-order valence-electron chi connectivity index (χ4n) is 5.19. The van der Waals surface area contributed by atoms with Gasteiger partial charge in [0.05, 0.1) is 18.7 Å². The van der Waals surface area contributed by atoms with E-state index in [-0.39, 0.29) is 11.3 Å². The zero-order chi connectivity index (χ0) is 28.8. The van der Waals surface area contributed by atoms with Crippen molar-refractivity contribution in [2.45, 2.75) is 59.4 Å². The average molecular weight is 589 g/mol. The van der Waals surface area contributed by atoms with Crippen LogP contribution in [0.1, 0.15) is 59.4 Å². The van der Waals surface area contributed by atoms with Crippen LogP contribution in [-0.2, 0) is 19.8 Å². The highest BCUT2D eigenvalue weighted by atomic mass is 79.9. The number of hydrogen-bond acceptors (Lipinski definition) is 5. The smallest absolute Gasteiger partial charge is 0.228 e. The maximum Gasteiger partial charge on any atom is 0.228 e. The molecule has 2 heterocycles. The molecule has 1 aromatic rings. The summed E-state index contributed by atoms with van der Waals surface area (Å²) in [6.45, 7) is 12.8. The molecule has 38 heavy (non-hydrogen) atoms. The Morgan fingerprint density at radius 2 is 1.95 bits per heavy atom. The van der Waals surface area contributed by atoms with Crippen molar-refractivity contribution in [1.29, 1.82) is 5.41 Å². The van der Waals surface area contributed by atoms with Crippen LogP contribution in [0.5, 0.6) is 0 Å². The number of nitrogens with one attached hydrogen (secondary N) is 1. The van der Waals surface area contributed by atoms with Crippen LogP contribution in [0.4, 0.5) is 0 Å². The fraction of sp³-hybridized carbons (Fsp3) is 0.548. The van der Waals surface area contributed by atoms with Crippen molar-refractivity contribution in [3.8, 4) is 12.3 Å². The summed E-state index contributed by atoms with van der Waals surface area (Å²) in [4.78, 5) is 17.2. The lowest BCUT2D eigenvalue weighted by atomic mass is 9.59. The molecule has 7 heteroatoms. The highest BCUT2D eigenvalue weighted by molar-refractivity contribution is 9.10. The normalized spacial score (nSPS) is 22.1. The van der Waals surface area contributed by atoms with Gasteiger partial charge in [0.25, 0.3) is 0 Å². The number of amides is 1. The molecule has 6 nitrogen and oxygen atoms in total. The first kappa shape index (κ1) is 33.8. The van der Waals surface area contributed by atoms with Crippen molar-refractivity contribution in [2.75, 3.05) is 47.1 Å². The standard InChI is InChI=1S/C26H36BrN3O3.C3H4.C2H6/c1-5-20(8-7-13-32-4)18-30-19-23(28)29(3)24(31)17-26(11-14-33-15-12-26)25(30,2)21-9-6-10-22(27)16-21;1-3-2;1-2/h5-10,16,28H,11-15,17-19H2,1-4H3;1H,2H3;1-2H3/b8-7-,20-5+,28-23?;;. The van der Waals surface area contributed by atoms with E-state index in [0.29, 0.717) is 45.2 Å². The Kier molecular flexibility index (Phi) is 14.8. The molecule has 2 aliphatic rings. The topological polar surface area (TPSA) is 65.9 Å². The van der Waals surface area contributed by atoms with Gasteiger partial charge in [-0.3, -0.25) is 15.1 Å². The fourth-order valence-corrected chi connectivity index (χ4v) is 5.59. The van der Waals surface area contributed by atoms with E-state index in [9.17, 15) is 4.79 Å². The van der Waals surface area contributed by atoms with Gasteiger partial charge < -0.3 is 14.4 Å². The molecule has 1 atom stereocenters. The first-order valence-corrected chi connectivity index (χ1v) is 14.1. The average Bonchev–Trinajstić information content (AvgIpc) is 2.92. The molecule has 2 aliphatic heterocycles.